The number of H-pyrrole nitrogens is 1. The number of hydrogen-bond donors (Lipinski definition) is 2. The van der Waals surface area contributed by atoms with Gasteiger partial charge in [-0.05, 0) is 48.4 Å². The molecule has 3 aromatic rings. The SMILES string of the molecule is Cc1cc(Nc2cn[nH]c2)ccc1OCc1cccc(F)c1. The Bertz CT molecular complexity index is 756. The van der Waals surface area contributed by atoms with Crippen LogP contribution in [-0.4, -0.2) is 10.2 Å². The van der Waals surface area contributed by atoms with Gasteiger partial charge in [0.05, 0.1) is 11.9 Å². The Morgan fingerprint density at radius 3 is 2.82 bits per heavy atom. The lowest BCUT2D eigenvalue weighted by Gasteiger charge is -2.11. The van der Waals surface area contributed by atoms with Crippen LogP contribution in [0.15, 0.2) is 54.9 Å². The molecule has 1 heterocycles. The minimum Gasteiger partial charge on any atom is -0.489 e. The van der Waals surface area contributed by atoms with Crippen LogP contribution in [0.2, 0.25) is 0 Å². The van der Waals surface area contributed by atoms with E-state index in [1.807, 2.05) is 31.2 Å². The van der Waals surface area contributed by atoms with E-state index in [-0.39, 0.29) is 5.82 Å². The number of hydrogen-bond acceptors (Lipinski definition) is 3. The smallest absolute Gasteiger partial charge is 0.123 e. The third-order valence-corrected chi connectivity index (χ3v) is 3.25. The summed E-state index contributed by atoms with van der Waals surface area (Å²) in [6.45, 7) is 2.31. The van der Waals surface area contributed by atoms with E-state index in [0.717, 1.165) is 28.3 Å². The van der Waals surface area contributed by atoms with Crippen molar-refractivity contribution in [2.45, 2.75) is 13.5 Å². The predicted octanol–water partition coefficient (Wildman–Crippen LogP) is 4.18. The summed E-state index contributed by atoms with van der Waals surface area (Å²) in [6.07, 6.45) is 3.49. The molecule has 112 valence electrons. The van der Waals surface area contributed by atoms with E-state index >= 15 is 0 Å². The minimum absolute atomic E-state index is 0.252. The first-order valence-electron chi connectivity index (χ1n) is 6.94. The average molecular weight is 297 g/mol. The van der Waals surface area contributed by atoms with E-state index in [1.165, 1.54) is 12.1 Å². The second-order valence-electron chi connectivity index (χ2n) is 5.01. The molecule has 2 aromatic carbocycles. The van der Waals surface area contributed by atoms with Gasteiger partial charge in [0, 0.05) is 11.9 Å². The van der Waals surface area contributed by atoms with Gasteiger partial charge >= 0.3 is 0 Å². The van der Waals surface area contributed by atoms with Crippen LogP contribution in [0, 0.1) is 12.7 Å². The quantitative estimate of drug-likeness (QED) is 0.742. The van der Waals surface area contributed by atoms with Crippen molar-refractivity contribution in [3.05, 3.63) is 71.8 Å². The summed E-state index contributed by atoms with van der Waals surface area (Å²) < 4.78 is 18.9. The van der Waals surface area contributed by atoms with Gasteiger partial charge in [0.2, 0.25) is 0 Å². The first-order chi connectivity index (χ1) is 10.7. The first-order valence-corrected chi connectivity index (χ1v) is 6.94. The summed E-state index contributed by atoms with van der Waals surface area (Å²) in [6, 6.07) is 12.2. The van der Waals surface area contributed by atoms with Crippen molar-refractivity contribution < 1.29 is 9.13 Å². The van der Waals surface area contributed by atoms with Gasteiger partial charge in [-0.15, -0.1) is 0 Å². The molecule has 0 atom stereocenters. The van der Waals surface area contributed by atoms with E-state index in [4.69, 9.17) is 4.74 Å². The normalized spacial score (nSPS) is 10.5. The van der Waals surface area contributed by atoms with Crippen LogP contribution in [0.1, 0.15) is 11.1 Å². The number of benzene rings is 2. The second-order valence-corrected chi connectivity index (χ2v) is 5.01. The molecule has 0 saturated heterocycles. The molecule has 0 fully saturated rings. The van der Waals surface area contributed by atoms with Crippen LogP contribution in [0.25, 0.3) is 0 Å². The fraction of sp³-hybridized carbons (Fsp3) is 0.118. The van der Waals surface area contributed by atoms with E-state index in [0.29, 0.717) is 6.61 Å². The third-order valence-electron chi connectivity index (χ3n) is 3.25. The van der Waals surface area contributed by atoms with Crippen molar-refractivity contribution in [3.63, 3.8) is 0 Å². The lowest BCUT2D eigenvalue weighted by atomic mass is 10.2. The molecule has 0 radical (unpaired) electrons. The van der Waals surface area contributed by atoms with Crippen molar-refractivity contribution in [1.82, 2.24) is 10.2 Å². The molecular formula is C17H16FN3O. The number of aromatic amines is 1. The van der Waals surface area contributed by atoms with Gasteiger partial charge in [0.1, 0.15) is 18.2 Å². The highest BCUT2D eigenvalue weighted by Crippen LogP contribution is 2.24. The average Bonchev–Trinajstić information content (AvgIpc) is 2.99. The Labute approximate surface area is 128 Å². The molecule has 0 aliphatic carbocycles. The maximum Gasteiger partial charge on any atom is 0.123 e. The zero-order valence-corrected chi connectivity index (χ0v) is 12.1. The van der Waals surface area contributed by atoms with Crippen LogP contribution in [-0.2, 0) is 6.61 Å². The molecule has 2 N–H and O–H groups in total. The maximum atomic E-state index is 13.1. The molecule has 22 heavy (non-hydrogen) atoms. The highest BCUT2D eigenvalue weighted by atomic mass is 19.1. The van der Waals surface area contributed by atoms with Gasteiger partial charge in [-0.1, -0.05) is 12.1 Å². The van der Waals surface area contributed by atoms with Crippen LogP contribution in [0.3, 0.4) is 0 Å². The monoisotopic (exact) mass is 297 g/mol. The Morgan fingerprint density at radius 2 is 2.09 bits per heavy atom. The van der Waals surface area contributed by atoms with Crippen LogP contribution in [0.5, 0.6) is 5.75 Å². The van der Waals surface area contributed by atoms with Gasteiger partial charge in [-0.3, -0.25) is 5.10 Å². The van der Waals surface area contributed by atoms with Crippen molar-refractivity contribution in [2.24, 2.45) is 0 Å². The topological polar surface area (TPSA) is 49.9 Å². The van der Waals surface area contributed by atoms with E-state index in [2.05, 4.69) is 15.5 Å². The molecule has 3 rings (SSSR count). The molecule has 4 nitrogen and oxygen atoms in total. The van der Waals surface area contributed by atoms with E-state index in [9.17, 15) is 4.39 Å². The standard InChI is InChI=1S/C17H16FN3O/c1-12-7-15(21-16-9-19-20-10-16)5-6-17(12)22-11-13-3-2-4-14(18)8-13/h2-10,21H,11H2,1H3,(H,19,20). The first kappa shape index (κ1) is 14.1. The molecule has 0 amide bonds. The number of nitrogens with one attached hydrogen (secondary N) is 2. The third kappa shape index (κ3) is 3.44. The number of ether oxygens (including phenoxy) is 1. The summed E-state index contributed by atoms with van der Waals surface area (Å²) in [5.41, 5.74) is 3.66. The minimum atomic E-state index is -0.252. The van der Waals surface area contributed by atoms with Crippen molar-refractivity contribution in [2.75, 3.05) is 5.32 Å². The molecule has 0 unspecified atom stereocenters. The van der Waals surface area contributed by atoms with Gasteiger partial charge in [0.15, 0.2) is 0 Å². The fourth-order valence-corrected chi connectivity index (χ4v) is 2.16. The van der Waals surface area contributed by atoms with Gasteiger partial charge < -0.3 is 10.1 Å². The molecule has 0 saturated carbocycles. The van der Waals surface area contributed by atoms with Gasteiger partial charge in [-0.25, -0.2) is 4.39 Å². The Kier molecular flexibility index (Phi) is 4.05. The number of nitrogens with zero attached hydrogens (tertiary/aromatic N) is 1. The lowest BCUT2D eigenvalue weighted by molar-refractivity contribution is 0.303. The number of aryl methyl sites for hydroxylation is 1. The Hall–Kier alpha value is -2.82. The maximum absolute atomic E-state index is 13.1. The summed E-state index contributed by atoms with van der Waals surface area (Å²) >= 11 is 0. The number of rotatable bonds is 5. The van der Waals surface area contributed by atoms with Crippen LogP contribution < -0.4 is 10.1 Å². The Balaban J connectivity index is 1.67. The van der Waals surface area contributed by atoms with Crippen LogP contribution >= 0.6 is 0 Å². The Morgan fingerprint density at radius 1 is 1.18 bits per heavy atom. The number of anilines is 2. The molecule has 0 aliphatic heterocycles. The highest BCUT2D eigenvalue weighted by molar-refractivity contribution is 5.60. The van der Waals surface area contributed by atoms with Gasteiger partial charge in [-0.2, -0.15) is 5.10 Å². The molecule has 5 heteroatoms. The van der Waals surface area contributed by atoms with Gasteiger partial charge in [0.25, 0.3) is 0 Å². The largest absolute Gasteiger partial charge is 0.489 e. The second kappa shape index (κ2) is 6.30. The molecule has 0 spiro atoms. The lowest BCUT2D eigenvalue weighted by Crippen LogP contribution is -1.98. The summed E-state index contributed by atoms with van der Waals surface area (Å²) in [4.78, 5) is 0. The van der Waals surface area contributed by atoms with E-state index in [1.54, 1.807) is 18.5 Å². The van der Waals surface area contributed by atoms with E-state index < -0.39 is 0 Å². The predicted molar refractivity (Wildman–Crippen MR) is 83.8 cm³/mol. The number of halogens is 1. The summed E-state index contributed by atoms with van der Waals surface area (Å²) in [7, 11) is 0. The highest BCUT2D eigenvalue weighted by Gasteiger charge is 2.03. The van der Waals surface area contributed by atoms with Crippen molar-refractivity contribution >= 4 is 11.4 Å². The molecular weight excluding hydrogens is 281 g/mol. The summed E-state index contributed by atoms with van der Waals surface area (Å²) in [5.74, 6) is 0.527. The molecule has 1 aromatic heterocycles. The fourth-order valence-electron chi connectivity index (χ4n) is 2.16. The van der Waals surface area contributed by atoms with Crippen LogP contribution in [0.4, 0.5) is 15.8 Å². The zero-order chi connectivity index (χ0) is 15.4. The summed E-state index contributed by atoms with van der Waals surface area (Å²) in [5, 5.41) is 9.87. The van der Waals surface area contributed by atoms with Crippen molar-refractivity contribution in [1.29, 1.82) is 0 Å². The molecule has 0 aliphatic rings. The zero-order valence-electron chi connectivity index (χ0n) is 12.1. The number of aromatic nitrogens is 2. The molecule has 0 bridgehead atoms. The van der Waals surface area contributed by atoms with Crippen molar-refractivity contribution in [3.8, 4) is 5.75 Å².